The number of fused-ring (bicyclic) bond motifs is 1. The van der Waals surface area contributed by atoms with Gasteiger partial charge in [0, 0.05) is 17.3 Å². The number of pyridine rings is 1. The largest absolute Gasteiger partial charge is 0.383 e. The van der Waals surface area contributed by atoms with Crippen molar-refractivity contribution >= 4 is 27.2 Å². The van der Waals surface area contributed by atoms with Crippen molar-refractivity contribution in [1.29, 1.82) is 0 Å². The van der Waals surface area contributed by atoms with E-state index in [2.05, 4.69) is 34.6 Å². The van der Waals surface area contributed by atoms with Crippen molar-refractivity contribution in [1.82, 2.24) is 4.98 Å². The summed E-state index contributed by atoms with van der Waals surface area (Å²) in [5.41, 5.74) is 8.29. The highest BCUT2D eigenvalue weighted by atomic mass is 32.1. The van der Waals surface area contributed by atoms with Crippen LogP contribution in [0.3, 0.4) is 0 Å². The van der Waals surface area contributed by atoms with Gasteiger partial charge in [0.2, 0.25) is 0 Å². The van der Waals surface area contributed by atoms with Crippen LogP contribution in [0.25, 0.3) is 10.1 Å². The van der Waals surface area contributed by atoms with E-state index >= 15 is 0 Å². The molecule has 17 heavy (non-hydrogen) atoms. The molecule has 3 heteroatoms. The van der Waals surface area contributed by atoms with E-state index < -0.39 is 0 Å². The van der Waals surface area contributed by atoms with Crippen molar-refractivity contribution < 1.29 is 0 Å². The molecule has 0 aliphatic heterocycles. The molecule has 2 nitrogen and oxygen atoms in total. The highest BCUT2D eigenvalue weighted by molar-refractivity contribution is 7.17. The van der Waals surface area contributed by atoms with Crippen LogP contribution in [0.1, 0.15) is 11.1 Å². The fourth-order valence-electron chi connectivity index (χ4n) is 2.00. The Kier molecular flexibility index (Phi) is 2.53. The van der Waals surface area contributed by atoms with Crippen molar-refractivity contribution in [3.8, 4) is 0 Å². The maximum Gasteiger partial charge on any atom is 0.126 e. The molecule has 2 aromatic heterocycles. The Balaban J connectivity index is 2.06. The maximum absolute atomic E-state index is 5.88. The first-order valence-corrected chi connectivity index (χ1v) is 6.37. The monoisotopic (exact) mass is 240 g/mol. The molecular formula is C14H12N2S. The van der Waals surface area contributed by atoms with Crippen molar-refractivity contribution in [2.75, 3.05) is 5.73 Å². The lowest BCUT2D eigenvalue weighted by Gasteiger charge is -2.05. The Morgan fingerprint density at radius 2 is 1.94 bits per heavy atom. The van der Waals surface area contributed by atoms with E-state index in [0.717, 1.165) is 12.0 Å². The number of hydrogen-bond donors (Lipinski definition) is 1. The van der Waals surface area contributed by atoms with Crippen molar-refractivity contribution in [3.05, 3.63) is 59.1 Å². The third-order valence-corrected chi connectivity index (χ3v) is 3.87. The molecule has 1 aromatic carbocycles. The van der Waals surface area contributed by atoms with Gasteiger partial charge in [0.25, 0.3) is 0 Å². The molecule has 0 atom stereocenters. The molecule has 2 heterocycles. The fraction of sp³-hybridized carbons (Fsp3) is 0.0714. The summed E-state index contributed by atoms with van der Waals surface area (Å²) in [5, 5.41) is 3.43. The van der Waals surface area contributed by atoms with Crippen LogP contribution in [0.2, 0.25) is 0 Å². The predicted octanol–water partition coefficient (Wildman–Crippen LogP) is 3.47. The number of anilines is 1. The van der Waals surface area contributed by atoms with Gasteiger partial charge in [0.15, 0.2) is 0 Å². The molecule has 84 valence electrons. The summed E-state index contributed by atoms with van der Waals surface area (Å²) in [7, 11) is 0. The topological polar surface area (TPSA) is 38.9 Å². The summed E-state index contributed by atoms with van der Waals surface area (Å²) in [6.45, 7) is 0. The number of thiophene rings is 1. The van der Waals surface area contributed by atoms with Crippen LogP contribution >= 0.6 is 11.3 Å². The van der Waals surface area contributed by atoms with E-state index in [0.29, 0.717) is 5.82 Å². The Labute approximate surface area is 104 Å². The molecule has 0 fully saturated rings. The first-order valence-electron chi connectivity index (χ1n) is 5.49. The summed E-state index contributed by atoms with van der Waals surface area (Å²) in [6, 6.07) is 12.5. The second kappa shape index (κ2) is 4.18. The predicted molar refractivity (Wildman–Crippen MR) is 73.3 cm³/mol. The third-order valence-electron chi connectivity index (χ3n) is 2.87. The van der Waals surface area contributed by atoms with Crippen LogP contribution in [0.15, 0.2) is 48.0 Å². The standard InChI is InChI=1S/C14H12N2S/c15-14-12(5-2-7-16-14)9-11-4-1-3-10-6-8-17-13(10)11/h1-8H,9H2,(H2,15,16). The van der Waals surface area contributed by atoms with Gasteiger partial charge in [0.05, 0.1) is 0 Å². The molecule has 0 radical (unpaired) electrons. The van der Waals surface area contributed by atoms with Gasteiger partial charge in [-0.05, 0) is 34.0 Å². The first kappa shape index (κ1) is 10.3. The number of hydrogen-bond acceptors (Lipinski definition) is 3. The van der Waals surface area contributed by atoms with Crippen LogP contribution in [0.5, 0.6) is 0 Å². The Hall–Kier alpha value is -1.87. The molecule has 0 saturated heterocycles. The zero-order valence-corrected chi connectivity index (χ0v) is 10.1. The molecule has 0 aliphatic rings. The quantitative estimate of drug-likeness (QED) is 0.745. The average Bonchev–Trinajstić information content (AvgIpc) is 2.81. The molecule has 0 bridgehead atoms. The molecule has 0 aliphatic carbocycles. The third kappa shape index (κ3) is 1.89. The van der Waals surface area contributed by atoms with Crippen LogP contribution in [-0.4, -0.2) is 4.98 Å². The van der Waals surface area contributed by atoms with Crippen LogP contribution < -0.4 is 5.73 Å². The number of aromatic nitrogens is 1. The molecular weight excluding hydrogens is 228 g/mol. The number of nitrogens with zero attached hydrogens (tertiary/aromatic N) is 1. The van der Waals surface area contributed by atoms with E-state index in [9.17, 15) is 0 Å². The lowest BCUT2D eigenvalue weighted by molar-refractivity contribution is 1.17. The van der Waals surface area contributed by atoms with E-state index in [1.165, 1.54) is 15.6 Å². The number of nitrogens with two attached hydrogens (primary N) is 1. The van der Waals surface area contributed by atoms with Gasteiger partial charge in [-0.25, -0.2) is 4.98 Å². The van der Waals surface area contributed by atoms with Crippen LogP contribution in [0.4, 0.5) is 5.82 Å². The second-order valence-corrected chi connectivity index (χ2v) is 4.90. The van der Waals surface area contributed by atoms with Crippen LogP contribution in [-0.2, 0) is 6.42 Å². The lowest BCUT2D eigenvalue weighted by Crippen LogP contribution is -1.97. The number of rotatable bonds is 2. The van der Waals surface area contributed by atoms with Crippen molar-refractivity contribution in [2.45, 2.75) is 6.42 Å². The minimum Gasteiger partial charge on any atom is -0.383 e. The molecule has 0 spiro atoms. The summed E-state index contributed by atoms with van der Waals surface area (Å²) in [4.78, 5) is 4.12. The zero-order chi connectivity index (χ0) is 11.7. The van der Waals surface area contributed by atoms with E-state index in [4.69, 9.17) is 5.73 Å². The van der Waals surface area contributed by atoms with Crippen molar-refractivity contribution in [2.24, 2.45) is 0 Å². The molecule has 3 aromatic rings. The van der Waals surface area contributed by atoms with Gasteiger partial charge >= 0.3 is 0 Å². The minimum absolute atomic E-state index is 0.626. The highest BCUT2D eigenvalue weighted by Crippen LogP contribution is 2.27. The summed E-state index contributed by atoms with van der Waals surface area (Å²) in [6.07, 6.45) is 2.57. The SMILES string of the molecule is Nc1ncccc1Cc1cccc2ccsc12. The van der Waals surface area contributed by atoms with Gasteiger partial charge in [-0.15, -0.1) is 11.3 Å². The maximum atomic E-state index is 5.88. The Morgan fingerprint density at radius 3 is 2.82 bits per heavy atom. The molecule has 0 unspecified atom stereocenters. The molecule has 2 N–H and O–H groups in total. The number of benzene rings is 1. The van der Waals surface area contributed by atoms with Gasteiger partial charge in [0.1, 0.15) is 5.82 Å². The van der Waals surface area contributed by atoms with Gasteiger partial charge in [-0.2, -0.15) is 0 Å². The van der Waals surface area contributed by atoms with E-state index in [1.807, 2.05) is 12.1 Å². The zero-order valence-electron chi connectivity index (χ0n) is 9.26. The van der Waals surface area contributed by atoms with Gasteiger partial charge in [-0.3, -0.25) is 0 Å². The Bertz CT molecular complexity index is 658. The Morgan fingerprint density at radius 1 is 1.06 bits per heavy atom. The lowest BCUT2D eigenvalue weighted by atomic mass is 10.0. The fourth-order valence-corrected chi connectivity index (χ4v) is 2.91. The average molecular weight is 240 g/mol. The van der Waals surface area contributed by atoms with Gasteiger partial charge in [-0.1, -0.05) is 24.3 Å². The second-order valence-electron chi connectivity index (χ2n) is 3.98. The molecule has 3 rings (SSSR count). The molecule has 0 saturated carbocycles. The smallest absolute Gasteiger partial charge is 0.126 e. The number of nitrogen functional groups attached to an aromatic ring is 1. The summed E-state index contributed by atoms with van der Waals surface area (Å²) in [5.74, 6) is 0.626. The van der Waals surface area contributed by atoms with Gasteiger partial charge < -0.3 is 5.73 Å². The highest BCUT2D eigenvalue weighted by Gasteiger charge is 2.05. The summed E-state index contributed by atoms with van der Waals surface area (Å²) >= 11 is 1.78. The van der Waals surface area contributed by atoms with E-state index in [-0.39, 0.29) is 0 Å². The van der Waals surface area contributed by atoms with Crippen LogP contribution in [0, 0.1) is 0 Å². The normalized spacial score (nSPS) is 10.8. The van der Waals surface area contributed by atoms with E-state index in [1.54, 1.807) is 17.5 Å². The molecule has 0 amide bonds. The minimum atomic E-state index is 0.626. The van der Waals surface area contributed by atoms with Crippen molar-refractivity contribution in [3.63, 3.8) is 0 Å². The summed E-state index contributed by atoms with van der Waals surface area (Å²) < 4.78 is 1.34. The first-order chi connectivity index (χ1) is 8.34.